The van der Waals surface area contributed by atoms with E-state index in [0.717, 1.165) is 10.3 Å². The Morgan fingerprint density at radius 2 is 2.39 bits per heavy atom. The standard InChI is InChI=1S/C12H17BrN2O2S/c1-14(2)5-9-4-10(16)6-15(9)12(17)8-3-11(13)18-7-8/h3,7,9-10,16H,4-6H2,1-2H3. The van der Waals surface area contributed by atoms with Crippen LogP contribution in [-0.4, -0.2) is 60.1 Å². The first kappa shape index (κ1) is 14.0. The third kappa shape index (κ3) is 3.12. The van der Waals surface area contributed by atoms with Gasteiger partial charge >= 0.3 is 0 Å². The minimum atomic E-state index is -0.402. The predicted molar refractivity (Wildman–Crippen MR) is 76.0 cm³/mol. The molecule has 0 spiro atoms. The SMILES string of the molecule is CN(C)CC1CC(O)CN1C(=O)c1csc(Br)c1. The zero-order valence-electron chi connectivity index (χ0n) is 10.5. The Kier molecular flexibility index (Phi) is 4.42. The van der Waals surface area contributed by atoms with Crippen molar-refractivity contribution in [3.05, 3.63) is 20.8 Å². The van der Waals surface area contributed by atoms with E-state index >= 15 is 0 Å². The lowest BCUT2D eigenvalue weighted by Gasteiger charge is -2.26. The molecule has 1 aromatic heterocycles. The fraction of sp³-hybridized carbons (Fsp3) is 0.583. The quantitative estimate of drug-likeness (QED) is 0.915. The van der Waals surface area contributed by atoms with E-state index in [1.165, 1.54) is 11.3 Å². The van der Waals surface area contributed by atoms with E-state index < -0.39 is 6.10 Å². The van der Waals surface area contributed by atoms with Crippen molar-refractivity contribution in [2.24, 2.45) is 0 Å². The number of aliphatic hydroxyl groups excluding tert-OH is 1. The van der Waals surface area contributed by atoms with Gasteiger partial charge in [-0.05, 0) is 42.5 Å². The Morgan fingerprint density at radius 1 is 1.67 bits per heavy atom. The van der Waals surface area contributed by atoms with E-state index in [9.17, 15) is 9.90 Å². The van der Waals surface area contributed by atoms with Crippen molar-refractivity contribution in [3.8, 4) is 0 Å². The third-order valence-electron chi connectivity index (χ3n) is 3.04. The van der Waals surface area contributed by atoms with Gasteiger partial charge in [-0.2, -0.15) is 0 Å². The molecule has 1 aliphatic rings. The molecule has 1 fully saturated rings. The lowest BCUT2D eigenvalue weighted by atomic mass is 10.2. The van der Waals surface area contributed by atoms with Crippen LogP contribution < -0.4 is 0 Å². The predicted octanol–water partition coefficient (Wildman–Crippen LogP) is 1.65. The molecule has 1 N–H and O–H groups in total. The molecule has 0 radical (unpaired) electrons. The lowest BCUT2D eigenvalue weighted by molar-refractivity contribution is 0.0699. The number of amides is 1. The van der Waals surface area contributed by atoms with Crippen LogP contribution in [0.2, 0.25) is 0 Å². The van der Waals surface area contributed by atoms with Crippen molar-refractivity contribution in [1.82, 2.24) is 9.80 Å². The van der Waals surface area contributed by atoms with Crippen molar-refractivity contribution in [2.45, 2.75) is 18.6 Å². The van der Waals surface area contributed by atoms with Gasteiger partial charge in [-0.3, -0.25) is 4.79 Å². The van der Waals surface area contributed by atoms with Gasteiger partial charge in [0.15, 0.2) is 0 Å². The van der Waals surface area contributed by atoms with Crippen molar-refractivity contribution in [1.29, 1.82) is 0 Å². The number of thiophene rings is 1. The number of likely N-dealkylation sites (tertiary alicyclic amines) is 1. The molecule has 2 rings (SSSR count). The highest BCUT2D eigenvalue weighted by molar-refractivity contribution is 9.11. The number of nitrogens with zero attached hydrogens (tertiary/aromatic N) is 2. The van der Waals surface area contributed by atoms with Gasteiger partial charge in [-0.25, -0.2) is 0 Å². The van der Waals surface area contributed by atoms with Gasteiger partial charge in [0.05, 0.1) is 15.5 Å². The van der Waals surface area contributed by atoms with Crippen LogP contribution in [0.5, 0.6) is 0 Å². The highest BCUT2D eigenvalue weighted by atomic mass is 79.9. The second kappa shape index (κ2) is 5.69. The van der Waals surface area contributed by atoms with Crippen LogP contribution in [0.15, 0.2) is 15.2 Å². The molecule has 4 nitrogen and oxygen atoms in total. The second-order valence-electron chi connectivity index (χ2n) is 4.90. The fourth-order valence-electron chi connectivity index (χ4n) is 2.32. The molecule has 1 aliphatic heterocycles. The minimum Gasteiger partial charge on any atom is -0.391 e. The van der Waals surface area contributed by atoms with Crippen molar-refractivity contribution < 1.29 is 9.90 Å². The summed E-state index contributed by atoms with van der Waals surface area (Å²) >= 11 is 4.87. The molecule has 18 heavy (non-hydrogen) atoms. The molecule has 1 aromatic rings. The van der Waals surface area contributed by atoms with Crippen molar-refractivity contribution in [2.75, 3.05) is 27.2 Å². The Labute approximate surface area is 119 Å². The van der Waals surface area contributed by atoms with Gasteiger partial charge in [-0.15, -0.1) is 11.3 Å². The Bertz CT molecular complexity index is 435. The molecule has 1 saturated heterocycles. The highest BCUT2D eigenvalue weighted by Gasteiger charge is 2.35. The molecular weight excluding hydrogens is 316 g/mol. The number of hydrogen-bond donors (Lipinski definition) is 1. The highest BCUT2D eigenvalue weighted by Crippen LogP contribution is 2.25. The average Bonchev–Trinajstić information content (AvgIpc) is 2.83. The number of carbonyl (C=O) groups is 1. The first-order valence-electron chi connectivity index (χ1n) is 5.85. The Balaban J connectivity index is 2.12. The minimum absolute atomic E-state index is 0.0142. The summed E-state index contributed by atoms with van der Waals surface area (Å²) in [6.45, 7) is 1.22. The van der Waals surface area contributed by atoms with Gasteiger partial charge in [-0.1, -0.05) is 0 Å². The van der Waals surface area contributed by atoms with Crippen LogP contribution in [0.4, 0.5) is 0 Å². The number of rotatable bonds is 3. The summed E-state index contributed by atoms with van der Waals surface area (Å²) in [5, 5.41) is 11.6. The molecule has 2 unspecified atom stereocenters. The molecular formula is C12H17BrN2O2S. The molecule has 0 saturated carbocycles. The average molecular weight is 333 g/mol. The number of β-amino-alcohol motifs (C(OH)–C–C–N with tert-alkyl or cyclic N) is 1. The summed E-state index contributed by atoms with van der Waals surface area (Å²) < 4.78 is 0.953. The number of halogens is 1. The number of carbonyl (C=O) groups excluding carboxylic acids is 1. The van der Waals surface area contributed by atoms with Gasteiger partial charge in [0.1, 0.15) is 0 Å². The van der Waals surface area contributed by atoms with E-state index in [1.54, 1.807) is 4.90 Å². The van der Waals surface area contributed by atoms with Crippen LogP contribution in [0, 0.1) is 0 Å². The number of aliphatic hydroxyl groups is 1. The number of likely N-dealkylation sites (N-methyl/N-ethyl adjacent to an activating group) is 1. The maximum atomic E-state index is 12.4. The van der Waals surface area contributed by atoms with Crippen molar-refractivity contribution in [3.63, 3.8) is 0 Å². The van der Waals surface area contributed by atoms with Gasteiger partial charge in [0.25, 0.3) is 5.91 Å². The van der Waals surface area contributed by atoms with Crippen molar-refractivity contribution >= 4 is 33.2 Å². The number of hydrogen-bond acceptors (Lipinski definition) is 4. The first-order valence-corrected chi connectivity index (χ1v) is 7.52. The monoisotopic (exact) mass is 332 g/mol. The Hall–Kier alpha value is -0.430. The molecule has 0 aromatic carbocycles. The molecule has 2 heterocycles. The van der Waals surface area contributed by atoms with Crippen LogP contribution >= 0.6 is 27.3 Å². The van der Waals surface area contributed by atoms with Crippen LogP contribution in [0.25, 0.3) is 0 Å². The molecule has 1 amide bonds. The van der Waals surface area contributed by atoms with Gasteiger partial charge in [0.2, 0.25) is 0 Å². The maximum absolute atomic E-state index is 12.4. The van der Waals surface area contributed by atoms with E-state index in [0.29, 0.717) is 18.5 Å². The zero-order chi connectivity index (χ0) is 13.3. The summed E-state index contributed by atoms with van der Waals surface area (Å²) in [6, 6.07) is 1.94. The molecule has 2 atom stereocenters. The summed E-state index contributed by atoms with van der Waals surface area (Å²) in [7, 11) is 3.96. The van der Waals surface area contributed by atoms with Gasteiger partial charge in [0, 0.05) is 24.5 Å². The third-order valence-corrected chi connectivity index (χ3v) is 4.55. The van der Waals surface area contributed by atoms with E-state index in [2.05, 4.69) is 15.9 Å². The first-order chi connectivity index (χ1) is 8.47. The van der Waals surface area contributed by atoms with E-state index in [4.69, 9.17) is 0 Å². The normalized spacial score (nSPS) is 23.9. The van der Waals surface area contributed by atoms with Crippen LogP contribution in [-0.2, 0) is 0 Å². The van der Waals surface area contributed by atoms with E-state index in [1.807, 2.05) is 30.4 Å². The molecule has 0 bridgehead atoms. The molecule has 100 valence electrons. The lowest BCUT2D eigenvalue weighted by Crippen LogP contribution is -2.41. The molecule has 6 heteroatoms. The largest absolute Gasteiger partial charge is 0.391 e. The molecule has 0 aliphatic carbocycles. The fourth-order valence-corrected chi connectivity index (χ4v) is 3.45. The van der Waals surface area contributed by atoms with E-state index in [-0.39, 0.29) is 11.9 Å². The summed E-state index contributed by atoms with van der Waals surface area (Å²) in [4.78, 5) is 16.2. The smallest absolute Gasteiger partial charge is 0.255 e. The van der Waals surface area contributed by atoms with Gasteiger partial charge < -0.3 is 14.9 Å². The second-order valence-corrected chi connectivity index (χ2v) is 7.19. The van der Waals surface area contributed by atoms with Crippen LogP contribution in [0.3, 0.4) is 0 Å². The summed E-state index contributed by atoms with van der Waals surface area (Å²) in [5.41, 5.74) is 0.699. The maximum Gasteiger partial charge on any atom is 0.255 e. The Morgan fingerprint density at radius 3 is 2.94 bits per heavy atom. The summed E-state index contributed by atoms with van der Waals surface area (Å²) in [6.07, 6.45) is 0.260. The topological polar surface area (TPSA) is 43.8 Å². The summed E-state index contributed by atoms with van der Waals surface area (Å²) in [5.74, 6) is 0.0142. The van der Waals surface area contributed by atoms with Crippen LogP contribution in [0.1, 0.15) is 16.8 Å². The zero-order valence-corrected chi connectivity index (χ0v) is 12.9.